The number of likely N-dealkylation sites (N-methyl/N-ethyl adjacent to an activating group) is 1. The molecule has 2 heterocycles. The van der Waals surface area contributed by atoms with Gasteiger partial charge in [-0.25, -0.2) is 9.97 Å². The summed E-state index contributed by atoms with van der Waals surface area (Å²) >= 11 is 0. The lowest BCUT2D eigenvalue weighted by Crippen LogP contribution is -2.37. The van der Waals surface area contributed by atoms with Gasteiger partial charge in [0, 0.05) is 32.2 Å². The van der Waals surface area contributed by atoms with Crippen LogP contribution in [0.2, 0.25) is 0 Å². The number of amides is 1. The Kier molecular flexibility index (Phi) is 4.76. The van der Waals surface area contributed by atoms with Crippen LogP contribution >= 0.6 is 0 Å². The summed E-state index contributed by atoms with van der Waals surface area (Å²) < 4.78 is 0. The summed E-state index contributed by atoms with van der Waals surface area (Å²) in [6, 6.07) is 0. The first-order chi connectivity index (χ1) is 9.63. The number of nitrogens with zero attached hydrogens (tertiary/aromatic N) is 4. The topological polar surface area (TPSA) is 61.4 Å². The fourth-order valence-corrected chi connectivity index (χ4v) is 2.52. The number of carbonyl (C=O) groups excluding carboxylic acids is 1. The molecule has 0 saturated carbocycles. The maximum Gasteiger partial charge on any atom is 0.242 e. The van der Waals surface area contributed by atoms with Gasteiger partial charge in [-0.1, -0.05) is 0 Å². The molecule has 0 spiro atoms. The van der Waals surface area contributed by atoms with Crippen LogP contribution in [0, 0.1) is 6.92 Å². The maximum absolute atomic E-state index is 12.2. The van der Waals surface area contributed by atoms with Crippen molar-refractivity contribution in [3.8, 4) is 0 Å². The molecule has 6 heteroatoms. The Bertz CT molecular complexity index is 471. The smallest absolute Gasteiger partial charge is 0.242 e. The highest BCUT2D eigenvalue weighted by atomic mass is 16.2. The van der Waals surface area contributed by atoms with Crippen LogP contribution < -0.4 is 10.2 Å². The number of rotatable bonds is 5. The molecule has 1 N–H and O–H groups in total. The molecule has 0 aliphatic carbocycles. The second-order valence-corrected chi connectivity index (χ2v) is 5.15. The molecule has 0 atom stereocenters. The fourth-order valence-electron chi connectivity index (χ4n) is 2.52. The van der Waals surface area contributed by atoms with Gasteiger partial charge in [0.2, 0.25) is 5.91 Å². The minimum Gasteiger partial charge on any atom is -0.370 e. The summed E-state index contributed by atoms with van der Waals surface area (Å²) in [5, 5.41) is 3.21. The maximum atomic E-state index is 12.2. The molecule has 1 fully saturated rings. The van der Waals surface area contributed by atoms with Crippen molar-refractivity contribution in [2.45, 2.75) is 26.7 Å². The molecule has 0 radical (unpaired) electrons. The lowest BCUT2D eigenvalue weighted by atomic mass is 10.3. The van der Waals surface area contributed by atoms with E-state index in [-0.39, 0.29) is 5.91 Å². The second-order valence-electron chi connectivity index (χ2n) is 5.15. The average Bonchev–Trinajstić information content (AvgIpc) is 2.95. The second kappa shape index (κ2) is 6.54. The highest BCUT2D eigenvalue weighted by Gasteiger charge is 2.20. The minimum absolute atomic E-state index is 0.174. The van der Waals surface area contributed by atoms with Crippen LogP contribution in [-0.2, 0) is 4.79 Å². The van der Waals surface area contributed by atoms with Gasteiger partial charge < -0.3 is 15.1 Å². The largest absolute Gasteiger partial charge is 0.370 e. The van der Waals surface area contributed by atoms with Gasteiger partial charge in [0.1, 0.15) is 18.0 Å². The quantitative estimate of drug-likeness (QED) is 0.878. The molecule has 6 nitrogen and oxygen atoms in total. The van der Waals surface area contributed by atoms with E-state index in [4.69, 9.17) is 0 Å². The average molecular weight is 277 g/mol. The molecule has 1 aromatic heterocycles. The summed E-state index contributed by atoms with van der Waals surface area (Å²) in [5.41, 5.74) is 0.978. The van der Waals surface area contributed by atoms with Gasteiger partial charge in [0.15, 0.2) is 0 Å². The van der Waals surface area contributed by atoms with Gasteiger partial charge in [0.25, 0.3) is 0 Å². The van der Waals surface area contributed by atoms with E-state index in [1.54, 1.807) is 0 Å². The summed E-state index contributed by atoms with van der Waals surface area (Å²) in [6.45, 7) is 6.96. The van der Waals surface area contributed by atoms with Gasteiger partial charge in [0.05, 0.1) is 6.54 Å². The molecule has 1 saturated heterocycles. The molecule has 1 aliphatic rings. The first-order valence-electron chi connectivity index (χ1n) is 7.18. The van der Waals surface area contributed by atoms with Crippen LogP contribution in [0.1, 0.15) is 25.3 Å². The Balaban J connectivity index is 2.06. The van der Waals surface area contributed by atoms with Crippen molar-refractivity contribution in [1.82, 2.24) is 14.9 Å². The zero-order valence-electron chi connectivity index (χ0n) is 12.5. The van der Waals surface area contributed by atoms with E-state index in [1.165, 1.54) is 6.33 Å². The summed E-state index contributed by atoms with van der Waals surface area (Å²) in [7, 11) is 1.90. The van der Waals surface area contributed by atoms with Crippen molar-refractivity contribution >= 4 is 17.5 Å². The van der Waals surface area contributed by atoms with Crippen molar-refractivity contribution < 1.29 is 4.79 Å². The Hall–Kier alpha value is -1.85. The Labute approximate surface area is 120 Å². The van der Waals surface area contributed by atoms with Crippen LogP contribution in [0.5, 0.6) is 0 Å². The predicted octanol–water partition coefficient (Wildman–Crippen LogP) is 1.28. The monoisotopic (exact) mass is 277 g/mol. The van der Waals surface area contributed by atoms with Crippen LogP contribution in [0.25, 0.3) is 0 Å². The summed E-state index contributed by atoms with van der Waals surface area (Å²) in [6.07, 6.45) is 3.77. The highest BCUT2D eigenvalue weighted by molar-refractivity contribution is 5.81. The molecule has 1 amide bonds. The third kappa shape index (κ3) is 3.18. The van der Waals surface area contributed by atoms with E-state index in [1.807, 2.05) is 30.7 Å². The van der Waals surface area contributed by atoms with Gasteiger partial charge >= 0.3 is 0 Å². The Morgan fingerprint density at radius 3 is 2.75 bits per heavy atom. The molecular formula is C14H23N5O. The third-order valence-electron chi connectivity index (χ3n) is 3.59. The predicted molar refractivity (Wildman–Crippen MR) is 80.0 cm³/mol. The van der Waals surface area contributed by atoms with Crippen molar-refractivity contribution in [2.24, 2.45) is 0 Å². The normalized spacial score (nSPS) is 14.4. The third-order valence-corrected chi connectivity index (χ3v) is 3.59. The molecule has 1 aliphatic heterocycles. The zero-order chi connectivity index (χ0) is 14.5. The standard InChI is InChI=1S/C14H23N5O/c1-4-15-13-11(2)14(17-10-16-13)18(3)9-12(20)19-7-5-6-8-19/h10H,4-9H2,1-3H3,(H,15,16,17). The number of hydrogen-bond acceptors (Lipinski definition) is 5. The van der Waals surface area contributed by atoms with Crippen molar-refractivity contribution in [3.63, 3.8) is 0 Å². The molecular weight excluding hydrogens is 254 g/mol. The number of nitrogens with one attached hydrogen (secondary N) is 1. The number of likely N-dealkylation sites (tertiary alicyclic amines) is 1. The molecule has 1 aromatic rings. The molecule has 110 valence electrons. The fraction of sp³-hybridized carbons (Fsp3) is 0.643. The SMILES string of the molecule is CCNc1ncnc(N(C)CC(=O)N2CCCC2)c1C. The van der Waals surface area contributed by atoms with E-state index in [9.17, 15) is 4.79 Å². The lowest BCUT2D eigenvalue weighted by molar-refractivity contribution is -0.128. The van der Waals surface area contributed by atoms with E-state index in [2.05, 4.69) is 15.3 Å². The van der Waals surface area contributed by atoms with Gasteiger partial charge in [-0.2, -0.15) is 0 Å². The van der Waals surface area contributed by atoms with Crippen LogP contribution in [0.3, 0.4) is 0 Å². The number of carbonyl (C=O) groups is 1. The molecule has 0 unspecified atom stereocenters. The van der Waals surface area contributed by atoms with Crippen LogP contribution in [0.4, 0.5) is 11.6 Å². The number of aromatic nitrogens is 2. The summed E-state index contributed by atoms with van der Waals surface area (Å²) in [4.78, 5) is 24.5. The van der Waals surface area contributed by atoms with Crippen molar-refractivity contribution in [1.29, 1.82) is 0 Å². The summed E-state index contributed by atoms with van der Waals surface area (Å²) in [5.74, 6) is 1.81. The Morgan fingerprint density at radius 1 is 1.40 bits per heavy atom. The first-order valence-corrected chi connectivity index (χ1v) is 7.18. The van der Waals surface area contributed by atoms with Gasteiger partial charge in [-0.15, -0.1) is 0 Å². The minimum atomic E-state index is 0.174. The van der Waals surface area contributed by atoms with Crippen molar-refractivity contribution in [3.05, 3.63) is 11.9 Å². The van der Waals surface area contributed by atoms with Crippen LogP contribution in [0.15, 0.2) is 6.33 Å². The molecule has 2 rings (SSSR count). The Morgan fingerprint density at radius 2 is 2.10 bits per heavy atom. The lowest BCUT2D eigenvalue weighted by Gasteiger charge is -2.23. The first kappa shape index (κ1) is 14.6. The number of anilines is 2. The number of hydrogen-bond donors (Lipinski definition) is 1. The zero-order valence-corrected chi connectivity index (χ0v) is 12.5. The molecule has 0 bridgehead atoms. The van der Waals surface area contributed by atoms with Gasteiger partial charge in [-0.3, -0.25) is 4.79 Å². The molecule has 0 aromatic carbocycles. The van der Waals surface area contributed by atoms with E-state index < -0.39 is 0 Å². The molecule has 20 heavy (non-hydrogen) atoms. The van der Waals surface area contributed by atoms with Gasteiger partial charge in [-0.05, 0) is 26.7 Å². The van der Waals surface area contributed by atoms with E-state index >= 15 is 0 Å². The highest BCUT2D eigenvalue weighted by Crippen LogP contribution is 2.21. The van der Waals surface area contributed by atoms with Crippen molar-refractivity contribution in [2.75, 3.05) is 43.4 Å². The van der Waals surface area contributed by atoms with Crippen LogP contribution in [-0.4, -0.2) is 54.0 Å². The van der Waals surface area contributed by atoms with E-state index in [0.717, 1.165) is 49.7 Å². The van der Waals surface area contributed by atoms with E-state index in [0.29, 0.717) is 6.54 Å².